The zero-order chi connectivity index (χ0) is 23.7. The Hall–Kier alpha value is -3.95. The Bertz CT molecular complexity index is 1280. The second-order valence-corrected chi connectivity index (χ2v) is 8.55. The van der Waals surface area contributed by atoms with Gasteiger partial charge < -0.3 is 14.9 Å². The summed E-state index contributed by atoms with van der Waals surface area (Å²) in [5.41, 5.74) is 2.72. The van der Waals surface area contributed by atoms with Gasteiger partial charge in [0, 0.05) is 23.6 Å². The summed E-state index contributed by atoms with van der Waals surface area (Å²) in [7, 11) is 0. The van der Waals surface area contributed by atoms with Crippen LogP contribution >= 0.6 is 0 Å². The third kappa shape index (κ3) is 3.95. The Morgan fingerprint density at radius 1 is 0.941 bits per heavy atom. The number of carbonyl (C=O) groups is 2. The molecule has 1 N–H and O–H groups in total. The summed E-state index contributed by atoms with van der Waals surface area (Å²) in [4.78, 5) is 28.8. The van der Waals surface area contributed by atoms with Crippen molar-refractivity contribution in [3.05, 3.63) is 107 Å². The second kappa shape index (κ2) is 9.12. The molecule has 0 saturated carbocycles. The molecule has 170 valence electrons. The van der Waals surface area contributed by atoms with E-state index in [2.05, 4.69) is 11.8 Å². The van der Waals surface area contributed by atoms with E-state index < -0.39 is 11.7 Å². The van der Waals surface area contributed by atoms with Gasteiger partial charge in [0.1, 0.15) is 12.4 Å². The molecule has 3 aromatic carbocycles. The van der Waals surface area contributed by atoms with Gasteiger partial charge in [-0.15, -0.1) is 0 Å². The first kappa shape index (κ1) is 21.9. The largest absolute Gasteiger partial charge is 0.394 e. The van der Waals surface area contributed by atoms with Crippen molar-refractivity contribution in [1.29, 1.82) is 0 Å². The first-order valence-corrected chi connectivity index (χ1v) is 11.2. The predicted molar refractivity (Wildman–Crippen MR) is 125 cm³/mol. The van der Waals surface area contributed by atoms with Gasteiger partial charge in [-0.05, 0) is 42.0 Å². The minimum atomic E-state index is -0.604. The summed E-state index contributed by atoms with van der Waals surface area (Å²) >= 11 is 0. The lowest BCUT2D eigenvalue weighted by Crippen LogP contribution is -2.73. The molecule has 0 radical (unpaired) electrons. The highest BCUT2D eigenvalue weighted by molar-refractivity contribution is 5.97. The van der Waals surface area contributed by atoms with Crippen molar-refractivity contribution >= 4 is 11.8 Å². The van der Waals surface area contributed by atoms with Crippen LogP contribution in [0, 0.1) is 17.7 Å². The maximum atomic E-state index is 14.2. The Morgan fingerprint density at radius 3 is 2.26 bits per heavy atom. The number of nitrogens with zero attached hydrogens (tertiary/aromatic N) is 2. The number of piperazine rings is 1. The van der Waals surface area contributed by atoms with Crippen LogP contribution in [0.1, 0.15) is 33.0 Å². The zero-order valence-corrected chi connectivity index (χ0v) is 18.4. The van der Waals surface area contributed by atoms with Crippen molar-refractivity contribution in [2.24, 2.45) is 0 Å². The Kier molecular flexibility index (Phi) is 5.87. The Balaban J connectivity index is 1.36. The summed E-state index contributed by atoms with van der Waals surface area (Å²) in [6.07, 6.45) is 0. The van der Waals surface area contributed by atoms with Crippen LogP contribution in [-0.4, -0.2) is 58.5 Å². The molecule has 5 rings (SSSR count). The van der Waals surface area contributed by atoms with Crippen LogP contribution in [0.3, 0.4) is 0 Å². The van der Waals surface area contributed by atoms with E-state index in [9.17, 15) is 19.1 Å². The van der Waals surface area contributed by atoms with Gasteiger partial charge in [0.15, 0.2) is 0 Å². The molecule has 2 aliphatic heterocycles. The molecule has 2 amide bonds. The molecule has 0 spiro atoms. The minimum absolute atomic E-state index is 0.0420. The van der Waals surface area contributed by atoms with Crippen LogP contribution in [0.25, 0.3) is 0 Å². The molecule has 6 heteroatoms. The van der Waals surface area contributed by atoms with Crippen molar-refractivity contribution in [1.82, 2.24) is 9.80 Å². The molecule has 2 heterocycles. The van der Waals surface area contributed by atoms with Gasteiger partial charge in [0.05, 0.1) is 24.3 Å². The number of aliphatic hydroxyl groups is 1. The molecule has 0 aliphatic carbocycles. The van der Waals surface area contributed by atoms with Gasteiger partial charge in [0.25, 0.3) is 5.91 Å². The smallest absolute Gasteiger partial charge is 0.257 e. The molecular weight excluding hydrogens is 431 g/mol. The number of hydrogen-bond donors (Lipinski definition) is 1. The number of halogens is 1. The van der Waals surface area contributed by atoms with Crippen molar-refractivity contribution in [3.63, 3.8) is 0 Å². The molecule has 0 unspecified atom stereocenters. The summed E-state index contributed by atoms with van der Waals surface area (Å²) < 4.78 is 14.2. The number of benzene rings is 3. The molecule has 2 fully saturated rings. The van der Waals surface area contributed by atoms with Gasteiger partial charge >= 0.3 is 0 Å². The molecule has 2 aliphatic rings. The van der Waals surface area contributed by atoms with Crippen molar-refractivity contribution in [3.8, 4) is 11.8 Å². The minimum Gasteiger partial charge on any atom is -0.394 e. The van der Waals surface area contributed by atoms with E-state index in [-0.39, 0.29) is 49.2 Å². The molecule has 3 aromatic rings. The first-order valence-electron chi connectivity index (χ1n) is 11.2. The second-order valence-electron chi connectivity index (χ2n) is 8.55. The van der Waals surface area contributed by atoms with Crippen LogP contribution in [0.5, 0.6) is 0 Å². The maximum absolute atomic E-state index is 14.2. The molecule has 2 saturated heterocycles. The number of amides is 2. The fourth-order valence-electron chi connectivity index (χ4n) is 4.91. The SMILES string of the molecule is O=C(c1ccccc1F)N1CC(=O)N2[C@@H](CO)[C@@H](c3ccc(C#Cc4ccccc4)cc3)[C@@H]2C1. The molecule has 0 bridgehead atoms. The summed E-state index contributed by atoms with van der Waals surface area (Å²) in [6.45, 7) is 0.000268. The molecule has 5 nitrogen and oxygen atoms in total. The Labute approximate surface area is 197 Å². The van der Waals surface area contributed by atoms with Crippen LogP contribution in [0.4, 0.5) is 4.39 Å². The highest BCUT2D eigenvalue weighted by Gasteiger charge is 2.54. The van der Waals surface area contributed by atoms with E-state index in [1.54, 1.807) is 11.0 Å². The van der Waals surface area contributed by atoms with Gasteiger partial charge in [0.2, 0.25) is 5.91 Å². The lowest BCUT2D eigenvalue weighted by Gasteiger charge is -2.58. The standard InChI is InChI=1S/C28H23FN2O3/c29-23-9-5-4-8-22(23)28(34)30-16-24-27(25(18-32)31(24)26(33)17-30)21-14-12-20(13-15-21)11-10-19-6-2-1-3-7-19/h1-9,12-15,24-25,27,32H,16-18H2/t24-,25-,27-/m0/s1. The van der Waals surface area contributed by atoms with Gasteiger partial charge in [-0.3, -0.25) is 9.59 Å². The number of fused-ring (bicyclic) bond motifs is 1. The summed E-state index contributed by atoms with van der Waals surface area (Å²) in [5, 5.41) is 9.98. The van der Waals surface area contributed by atoms with E-state index in [0.29, 0.717) is 0 Å². The number of rotatable bonds is 3. The van der Waals surface area contributed by atoms with Gasteiger partial charge in [-0.1, -0.05) is 54.3 Å². The van der Waals surface area contributed by atoms with Crippen molar-refractivity contribution in [2.45, 2.75) is 18.0 Å². The topological polar surface area (TPSA) is 60.9 Å². The fourth-order valence-corrected chi connectivity index (χ4v) is 4.91. The van der Waals surface area contributed by atoms with Crippen LogP contribution < -0.4 is 0 Å². The van der Waals surface area contributed by atoms with Crippen LogP contribution in [0.15, 0.2) is 78.9 Å². The van der Waals surface area contributed by atoms with Crippen LogP contribution in [-0.2, 0) is 4.79 Å². The van der Waals surface area contributed by atoms with Gasteiger partial charge in [-0.25, -0.2) is 4.39 Å². The predicted octanol–water partition coefficient (Wildman–Crippen LogP) is 3.04. The highest BCUT2D eigenvalue weighted by Crippen LogP contribution is 2.43. The van der Waals surface area contributed by atoms with Crippen molar-refractivity contribution < 1.29 is 19.1 Å². The number of carbonyl (C=O) groups excluding carboxylic acids is 2. The van der Waals surface area contributed by atoms with Crippen molar-refractivity contribution in [2.75, 3.05) is 19.7 Å². The summed E-state index contributed by atoms with van der Waals surface area (Å²) in [5.74, 6) is 4.82. The molecule has 0 aromatic heterocycles. The summed E-state index contributed by atoms with van der Waals surface area (Å²) in [6, 6.07) is 22.7. The Morgan fingerprint density at radius 2 is 1.59 bits per heavy atom. The van der Waals surface area contributed by atoms with E-state index in [0.717, 1.165) is 16.7 Å². The third-order valence-electron chi connectivity index (χ3n) is 6.56. The highest BCUT2D eigenvalue weighted by atomic mass is 19.1. The maximum Gasteiger partial charge on any atom is 0.257 e. The lowest BCUT2D eigenvalue weighted by molar-refractivity contribution is -0.159. The molecular formula is C28H23FN2O3. The van der Waals surface area contributed by atoms with E-state index in [1.165, 1.54) is 23.1 Å². The van der Waals surface area contributed by atoms with E-state index in [1.807, 2.05) is 54.6 Å². The monoisotopic (exact) mass is 454 g/mol. The lowest BCUT2D eigenvalue weighted by atomic mass is 9.73. The average Bonchev–Trinajstić information content (AvgIpc) is 2.85. The third-order valence-corrected chi connectivity index (χ3v) is 6.56. The van der Waals surface area contributed by atoms with E-state index >= 15 is 0 Å². The average molecular weight is 455 g/mol. The quantitative estimate of drug-likeness (QED) is 0.619. The molecule has 3 atom stereocenters. The fraction of sp³-hybridized carbons (Fsp3) is 0.214. The van der Waals surface area contributed by atoms with Crippen LogP contribution in [0.2, 0.25) is 0 Å². The van der Waals surface area contributed by atoms with E-state index in [4.69, 9.17) is 0 Å². The first-order chi connectivity index (χ1) is 16.6. The molecule has 34 heavy (non-hydrogen) atoms. The zero-order valence-electron chi connectivity index (χ0n) is 18.4. The van der Waals surface area contributed by atoms with Gasteiger partial charge in [-0.2, -0.15) is 0 Å². The normalized spacial score (nSPS) is 21.2. The number of aliphatic hydroxyl groups excluding tert-OH is 1. The number of hydrogen-bond acceptors (Lipinski definition) is 3.